The van der Waals surface area contributed by atoms with E-state index in [4.69, 9.17) is 32.5 Å². The summed E-state index contributed by atoms with van der Waals surface area (Å²) in [6, 6.07) is -5.47. The minimum Gasteiger partial charge on any atom is -0.481 e. The molecule has 194 valence electrons. The lowest BCUT2D eigenvalue weighted by Gasteiger charge is -2.25. The van der Waals surface area contributed by atoms with Crippen LogP contribution in [0.3, 0.4) is 0 Å². The molecule has 12 N–H and O–H groups in total. The number of rotatable bonds is 16. The van der Waals surface area contributed by atoms with Gasteiger partial charge in [0.1, 0.15) is 18.1 Å². The van der Waals surface area contributed by atoms with Crippen LogP contribution in [0.15, 0.2) is 4.99 Å². The van der Waals surface area contributed by atoms with Crippen LogP contribution >= 0.6 is 0 Å². The molecular formula is C19H35N7O8. The first kappa shape index (κ1) is 30.5. The minimum absolute atomic E-state index is 0.0772. The number of hydrogen-bond acceptors (Lipinski definition) is 8. The second-order valence-electron chi connectivity index (χ2n) is 7.99. The minimum atomic E-state index is -1.69. The van der Waals surface area contributed by atoms with Crippen LogP contribution in [-0.2, 0) is 24.0 Å². The molecule has 0 aromatic carbocycles. The number of carboxylic acid groups (broad SMARTS) is 2. The Morgan fingerprint density at radius 3 is 1.88 bits per heavy atom. The average Bonchev–Trinajstić information content (AvgIpc) is 2.72. The molecule has 0 aliphatic rings. The monoisotopic (exact) mass is 489 g/mol. The number of hydrogen-bond donors (Lipinski definition) is 9. The molecule has 4 atom stereocenters. The van der Waals surface area contributed by atoms with E-state index in [1.807, 2.05) is 5.32 Å². The van der Waals surface area contributed by atoms with Crippen molar-refractivity contribution in [3.8, 4) is 0 Å². The van der Waals surface area contributed by atoms with Gasteiger partial charge in [-0.3, -0.25) is 24.2 Å². The molecule has 3 amide bonds. The van der Waals surface area contributed by atoms with Gasteiger partial charge >= 0.3 is 11.9 Å². The van der Waals surface area contributed by atoms with E-state index in [9.17, 15) is 24.0 Å². The molecule has 0 rings (SSSR count). The Bertz CT molecular complexity index is 755. The van der Waals surface area contributed by atoms with E-state index in [-0.39, 0.29) is 31.3 Å². The van der Waals surface area contributed by atoms with Crippen LogP contribution in [0.5, 0.6) is 0 Å². The topological polar surface area (TPSA) is 273 Å². The van der Waals surface area contributed by atoms with Crippen molar-refractivity contribution in [1.29, 1.82) is 0 Å². The van der Waals surface area contributed by atoms with Crippen molar-refractivity contribution in [3.05, 3.63) is 0 Å². The van der Waals surface area contributed by atoms with Crippen LogP contribution in [0.1, 0.15) is 39.5 Å². The lowest BCUT2D eigenvalue weighted by atomic mass is 10.0. The second-order valence-corrected chi connectivity index (χ2v) is 7.99. The maximum atomic E-state index is 12.8. The summed E-state index contributed by atoms with van der Waals surface area (Å²) in [7, 11) is 0. The number of guanidine groups is 1. The highest BCUT2D eigenvalue weighted by atomic mass is 16.4. The molecule has 0 saturated heterocycles. The predicted molar refractivity (Wildman–Crippen MR) is 120 cm³/mol. The third-order valence-electron chi connectivity index (χ3n) is 4.45. The van der Waals surface area contributed by atoms with Crippen LogP contribution in [0, 0.1) is 5.92 Å². The number of aliphatic carboxylic acids is 2. The molecule has 0 heterocycles. The first-order chi connectivity index (χ1) is 15.8. The highest BCUT2D eigenvalue weighted by molar-refractivity contribution is 5.95. The Morgan fingerprint density at radius 1 is 0.882 bits per heavy atom. The number of carbonyl (C=O) groups is 5. The summed E-state index contributed by atoms with van der Waals surface area (Å²) in [4.78, 5) is 63.6. The standard InChI is InChI=1S/C19H35N7O8/c1-9(2)6-11(24-15(30)10(20)4-3-5-23-19(21)22)16(31)25-12(7-14(28)29)17(32)26-13(8-27)18(33)34/h9-13,27H,3-8,20H2,1-2H3,(H,24,30)(H,25,31)(H,26,32)(H,28,29)(H,33,34)(H4,21,22,23)/t10-,11-,12-,13-/m0/s1. The predicted octanol–water partition coefficient (Wildman–Crippen LogP) is -3.58. The zero-order valence-corrected chi connectivity index (χ0v) is 19.2. The van der Waals surface area contributed by atoms with Crippen LogP contribution in [0.2, 0.25) is 0 Å². The first-order valence-corrected chi connectivity index (χ1v) is 10.6. The number of carboxylic acids is 2. The van der Waals surface area contributed by atoms with E-state index in [2.05, 4.69) is 15.6 Å². The fourth-order valence-electron chi connectivity index (χ4n) is 2.75. The van der Waals surface area contributed by atoms with Crippen molar-refractivity contribution >= 4 is 35.6 Å². The summed E-state index contributed by atoms with van der Waals surface area (Å²) in [5.41, 5.74) is 16.3. The van der Waals surface area contributed by atoms with Gasteiger partial charge in [0, 0.05) is 6.54 Å². The van der Waals surface area contributed by atoms with E-state index >= 15 is 0 Å². The van der Waals surface area contributed by atoms with E-state index < -0.39 is 66.9 Å². The number of nitrogens with one attached hydrogen (secondary N) is 3. The maximum Gasteiger partial charge on any atom is 0.328 e. The fraction of sp³-hybridized carbons (Fsp3) is 0.684. The van der Waals surface area contributed by atoms with Crippen LogP contribution in [0.4, 0.5) is 0 Å². The number of aliphatic hydroxyl groups excluding tert-OH is 1. The number of amides is 3. The number of aliphatic hydroxyl groups is 1. The molecule has 34 heavy (non-hydrogen) atoms. The van der Waals surface area contributed by atoms with E-state index in [1.165, 1.54) is 0 Å². The molecule has 15 heteroatoms. The maximum absolute atomic E-state index is 12.8. The van der Waals surface area contributed by atoms with Gasteiger partial charge < -0.3 is 48.5 Å². The Morgan fingerprint density at radius 2 is 1.41 bits per heavy atom. The van der Waals surface area contributed by atoms with Gasteiger partial charge in [0.05, 0.1) is 19.1 Å². The molecule has 0 bridgehead atoms. The molecule has 15 nitrogen and oxygen atoms in total. The molecule has 0 spiro atoms. The summed E-state index contributed by atoms with van der Waals surface area (Å²) in [5.74, 6) is -5.78. The summed E-state index contributed by atoms with van der Waals surface area (Å²) < 4.78 is 0. The smallest absolute Gasteiger partial charge is 0.328 e. The summed E-state index contributed by atoms with van der Waals surface area (Å²) >= 11 is 0. The van der Waals surface area contributed by atoms with Crippen molar-refractivity contribution in [1.82, 2.24) is 16.0 Å². The summed E-state index contributed by atoms with van der Waals surface area (Å²) in [5, 5.41) is 33.8. The molecule has 0 fully saturated rings. The van der Waals surface area contributed by atoms with E-state index in [1.54, 1.807) is 13.8 Å². The number of aliphatic imine (C=N–C) groups is 1. The SMILES string of the molecule is CC(C)C[C@H](NC(=O)[C@@H](N)CCCN=C(N)N)C(=O)N[C@@H](CC(=O)O)C(=O)N[C@@H](CO)C(=O)O. The fourth-order valence-corrected chi connectivity index (χ4v) is 2.75. The quantitative estimate of drug-likeness (QED) is 0.0580. The number of nitrogens with zero attached hydrogens (tertiary/aromatic N) is 1. The molecule has 0 aliphatic carbocycles. The molecule has 0 aliphatic heterocycles. The van der Waals surface area contributed by atoms with Gasteiger partial charge in [0.25, 0.3) is 0 Å². The zero-order valence-electron chi connectivity index (χ0n) is 19.2. The van der Waals surface area contributed by atoms with Gasteiger partial charge in [-0.25, -0.2) is 4.79 Å². The van der Waals surface area contributed by atoms with Gasteiger partial charge in [0.15, 0.2) is 5.96 Å². The van der Waals surface area contributed by atoms with Crippen LogP contribution in [-0.4, -0.2) is 88.3 Å². The van der Waals surface area contributed by atoms with Crippen LogP contribution in [0.25, 0.3) is 0 Å². The van der Waals surface area contributed by atoms with Gasteiger partial charge in [-0.2, -0.15) is 0 Å². The van der Waals surface area contributed by atoms with Crippen molar-refractivity contribution in [2.45, 2.75) is 63.7 Å². The van der Waals surface area contributed by atoms with E-state index in [0.717, 1.165) is 0 Å². The summed E-state index contributed by atoms with van der Waals surface area (Å²) in [6.07, 6.45) is -0.0828. The van der Waals surface area contributed by atoms with Gasteiger partial charge in [-0.05, 0) is 25.2 Å². The first-order valence-electron chi connectivity index (χ1n) is 10.6. The third-order valence-corrected chi connectivity index (χ3v) is 4.45. The van der Waals surface area contributed by atoms with Crippen molar-refractivity contribution in [3.63, 3.8) is 0 Å². The molecule has 0 radical (unpaired) electrons. The Balaban J connectivity index is 5.33. The number of carbonyl (C=O) groups excluding carboxylic acids is 3. The summed E-state index contributed by atoms with van der Waals surface area (Å²) in [6.45, 7) is 2.88. The lowest BCUT2D eigenvalue weighted by Crippen LogP contribution is -2.58. The Kier molecular flexibility index (Phi) is 13.8. The lowest BCUT2D eigenvalue weighted by molar-refractivity contribution is -0.144. The van der Waals surface area contributed by atoms with Gasteiger partial charge in [-0.15, -0.1) is 0 Å². The van der Waals surface area contributed by atoms with Crippen molar-refractivity contribution in [2.24, 2.45) is 28.1 Å². The van der Waals surface area contributed by atoms with Crippen LogP contribution < -0.4 is 33.2 Å². The Labute approximate surface area is 196 Å². The zero-order chi connectivity index (χ0) is 26.4. The molecule has 0 unspecified atom stereocenters. The largest absolute Gasteiger partial charge is 0.481 e. The number of nitrogens with two attached hydrogens (primary N) is 3. The van der Waals surface area contributed by atoms with Gasteiger partial charge in [0.2, 0.25) is 17.7 Å². The van der Waals surface area contributed by atoms with Crippen molar-refractivity contribution < 1.29 is 39.3 Å². The third kappa shape index (κ3) is 12.5. The molecule has 0 aromatic rings. The molecule has 0 saturated carbocycles. The van der Waals surface area contributed by atoms with Crippen molar-refractivity contribution in [2.75, 3.05) is 13.2 Å². The van der Waals surface area contributed by atoms with Gasteiger partial charge in [-0.1, -0.05) is 13.8 Å². The highest BCUT2D eigenvalue weighted by Crippen LogP contribution is 2.07. The molecular weight excluding hydrogens is 454 g/mol. The average molecular weight is 490 g/mol. The second kappa shape index (κ2) is 15.4. The Hall–Kier alpha value is -3.46. The normalized spacial score (nSPS) is 14.3. The van der Waals surface area contributed by atoms with E-state index in [0.29, 0.717) is 6.42 Å². The highest BCUT2D eigenvalue weighted by Gasteiger charge is 2.31. The molecule has 0 aromatic heterocycles.